The molecule has 0 aliphatic heterocycles. The fourth-order valence-electron chi connectivity index (χ4n) is 2.46. The predicted octanol–water partition coefficient (Wildman–Crippen LogP) is 4.19. The van der Waals surface area contributed by atoms with E-state index in [0.29, 0.717) is 28.9 Å². The number of nitrogens with zero attached hydrogens (tertiary/aromatic N) is 2. The van der Waals surface area contributed by atoms with Gasteiger partial charge in [0.15, 0.2) is 0 Å². The van der Waals surface area contributed by atoms with Crippen LogP contribution in [-0.2, 0) is 0 Å². The first-order valence-electron chi connectivity index (χ1n) is 8.54. The fraction of sp³-hybridized carbons (Fsp3) is 0.150. The maximum Gasteiger partial charge on any atom is 0.323 e. The van der Waals surface area contributed by atoms with Crippen molar-refractivity contribution in [1.29, 1.82) is 0 Å². The number of aromatic nitrogens is 2. The molecule has 0 radical (unpaired) electrons. The number of nitrogens with one attached hydrogen (secondary N) is 3. The normalized spacial score (nSPS) is 10.1. The number of anilines is 4. The first-order valence-corrected chi connectivity index (χ1v) is 8.54. The Bertz CT molecular complexity index is 943. The lowest BCUT2D eigenvalue weighted by atomic mass is 10.2. The van der Waals surface area contributed by atoms with Gasteiger partial charge in [0.1, 0.15) is 17.4 Å². The molecule has 1 aromatic heterocycles. The van der Waals surface area contributed by atoms with E-state index in [2.05, 4.69) is 25.9 Å². The van der Waals surface area contributed by atoms with E-state index in [1.807, 2.05) is 12.1 Å². The van der Waals surface area contributed by atoms with Gasteiger partial charge in [-0.25, -0.2) is 9.78 Å². The van der Waals surface area contributed by atoms with Crippen LogP contribution in [0.2, 0.25) is 0 Å². The molecule has 3 aromatic rings. The molecule has 2 aromatic carbocycles. The van der Waals surface area contributed by atoms with Crippen molar-refractivity contribution in [3.63, 3.8) is 0 Å². The molecule has 0 saturated carbocycles. The summed E-state index contributed by atoms with van der Waals surface area (Å²) in [6, 6.07) is 15.7. The van der Waals surface area contributed by atoms with E-state index in [1.54, 1.807) is 63.6 Å². The summed E-state index contributed by atoms with van der Waals surface area (Å²) in [6.45, 7) is 1.79. The SMILES string of the molecule is COc1ccc(NC(=O)Nc2ccc(Nc3cc(OC)nc(C)n3)cc2)cc1. The monoisotopic (exact) mass is 379 g/mol. The molecule has 0 aliphatic carbocycles. The zero-order chi connectivity index (χ0) is 19.9. The molecule has 0 aliphatic rings. The zero-order valence-electron chi connectivity index (χ0n) is 15.8. The summed E-state index contributed by atoms with van der Waals surface area (Å²) < 4.78 is 10.2. The molecule has 0 bridgehead atoms. The number of rotatable bonds is 6. The van der Waals surface area contributed by atoms with Crippen LogP contribution in [-0.4, -0.2) is 30.2 Å². The molecule has 0 spiro atoms. The van der Waals surface area contributed by atoms with Crippen molar-refractivity contribution in [1.82, 2.24) is 9.97 Å². The Balaban J connectivity index is 1.59. The van der Waals surface area contributed by atoms with Gasteiger partial charge in [-0.1, -0.05) is 0 Å². The molecule has 144 valence electrons. The smallest absolute Gasteiger partial charge is 0.323 e. The van der Waals surface area contributed by atoms with Gasteiger partial charge >= 0.3 is 6.03 Å². The Morgan fingerprint density at radius 2 is 1.39 bits per heavy atom. The van der Waals surface area contributed by atoms with Crippen LogP contribution in [0.5, 0.6) is 11.6 Å². The molecule has 3 N–H and O–H groups in total. The van der Waals surface area contributed by atoms with Crippen molar-refractivity contribution < 1.29 is 14.3 Å². The molecule has 0 atom stereocenters. The van der Waals surface area contributed by atoms with Crippen molar-refractivity contribution in [2.75, 3.05) is 30.2 Å². The van der Waals surface area contributed by atoms with Gasteiger partial charge in [0.2, 0.25) is 5.88 Å². The quantitative estimate of drug-likeness (QED) is 0.594. The summed E-state index contributed by atoms with van der Waals surface area (Å²) in [5.41, 5.74) is 2.15. The highest BCUT2D eigenvalue weighted by atomic mass is 16.5. The number of methoxy groups -OCH3 is 2. The Labute approximate surface area is 162 Å². The van der Waals surface area contributed by atoms with E-state index >= 15 is 0 Å². The van der Waals surface area contributed by atoms with Crippen LogP contribution in [0.25, 0.3) is 0 Å². The first-order chi connectivity index (χ1) is 13.6. The lowest BCUT2D eigenvalue weighted by molar-refractivity contribution is 0.262. The summed E-state index contributed by atoms with van der Waals surface area (Å²) >= 11 is 0. The van der Waals surface area contributed by atoms with Gasteiger partial charge in [-0.3, -0.25) is 0 Å². The number of carbonyl (C=O) groups is 1. The number of carbonyl (C=O) groups excluding carboxylic acids is 1. The van der Waals surface area contributed by atoms with E-state index in [9.17, 15) is 4.79 Å². The van der Waals surface area contributed by atoms with Gasteiger partial charge in [0, 0.05) is 23.1 Å². The average molecular weight is 379 g/mol. The molecule has 0 fully saturated rings. The van der Waals surface area contributed by atoms with Gasteiger partial charge in [0.05, 0.1) is 14.2 Å². The van der Waals surface area contributed by atoms with E-state index in [4.69, 9.17) is 9.47 Å². The van der Waals surface area contributed by atoms with Gasteiger partial charge in [-0.15, -0.1) is 0 Å². The van der Waals surface area contributed by atoms with Crippen LogP contribution in [0.3, 0.4) is 0 Å². The second-order valence-corrected chi connectivity index (χ2v) is 5.85. The summed E-state index contributed by atoms with van der Waals surface area (Å²) in [6.07, 6.45) is 0. The highest BCUT2D eigenvalue weighted by molar-refractivity contribution is 5.99. The Hall–Kier alpha value is -3.81. The van der Waals surface area contributed by atoms with E-state index in [1.165, 1.54) is 0 Å². The van der Waals surface area contributed by atoms with Crippen molar-refractivity contribution >= 4 is 28.9 Å². The van der Waals surface area contributed by atoms with Crippen LogP contribution in [0.4, 0.5) is 27.7 Å². The highest BCUT2D eigenvalue weighted by Gasteiger charge is 2.05. The Kier molecular flexibility index (Phi) is 5.91. The number of hydrogen-bond donors (Lipinski definition) is 3. The summed E-state index contributed by atoms with van der Waals surface area (Å²) in [5.74, 6) is 2.45. The number of hydrogen-bond acceptors (Lipinski definition) is 6. The maximum absolute atomic E-state index is 12.1. The van der Waals surface area contributed by atoms with Gasteiger partial charge < -0.3 is 25.4 Å². The zero-order valence-corrected chi connectivity index (χ0v) is 15.8. The number of benzene rings is 2. The van der Waals surface area contributed by atoms with Gasteiger partial charge in [-0.2, -0.15) is 4.98 Å². The Morgan fingerprint density at radius 3 is 1.96 bits per heavy atom. The van der Waals surface area contributed by atoms with Gasteiger partial charge in [0.25, 0.3) is 0 Å². The van der Waals surface area contributed by atoms with Crippen molar-refractivity contribution in [3.05, 3.63) is 60.4 Å². The highest BCUT2D eigenvalue weighted by Crippen LogP contribution is 2.21. The van der Waals surface area contributed by atoms with E-state index < -0.39 is 0 Å². The lowest BCUT2D eigenvalue weighted by Gasteiger charge is -2.10. The molecule has 0 saturated heterocycles. The number of ether oxygens (including phenoxy) is 2. The van der Waals surface area contributed by atoms with Crippen LogP contribution < -0.4 is 25.4 Å². The molecular formula is C20H21N5O3. The van der Waals surface area contributed by atoms with Crippen molar-refractivity contribution in [2.24, 2.45) is 0 Å². The number of amides is 2. The molecule has 28 heavy (non-hydrogen) atoms. The largest absolute Gasteiger partial charge is 0.497 e. The second-order valence-electron chi connectivity index (χ2n) is 5.85. The van der Waals surface area contributed by atoms with Crippen LogP contribution >= 0.6 is 0 Å². The van der Waals surface area contributed by atoms with E-state index in [-0.39, 0.29) is 6.03 Å². The summed E-state index contributed by atoms with van der Waals surface area (Å²) in [5, 5.41) is 8.73. The molecular weight excluding hydrogens is 358 g/mol. The fourth-order valence-corrected chi connectivity index (χ4v) is 2.46. The molecule has 0 unspecified atom stereocenters. The number of aryl methyl sites for hydroxylation is 1. The molecule has 3 rings (SSSR count). The van der Waals surface area contributed by atoms with E-state index in [0.717, 1.165) is 11.4 Å². The molecule has 8 nitrogen and oxygen atoms in total. The van der Waals surface area contributed by atoms with Crippen LogP contribution in [0, 0.1) is 6.92 Å². The van der Waals surface area contributed by atoms with Crippen molar-refractivity contribution in [2.45, 2.75) is 6.92 Å². The first kappa shape index (κ1) is 19.0. The lowest BCUT2D eigenvalue weighted by Crippen LogP contribution is -2.19. The maximum atomic E-state index is 12.1. The van der Waals surface area contributed by atoms with Crippen molar-refractivity contribution in [3.8, 4) is 11.6 Å². The minimum Gasteiger partial charge on any atom is -0.497 e. The summed E-state index contributed by atoms with van der Waals surface area (Å²) in [4.78, 5) is 20.6. The third-order valence-electron chi connectivity index (χ3n) is 3.79. The number of urea groups is 1. The second kappa shape index (κ2) is 8.72. The summed E-state index contributed by atoms with van der Waals surface area (Å²) in [7, 11) is 3.15. The standard InChI is InChI=1S/C20H21N5O3/c1-13-21-18(12-19(22-13)28-3)23-14-4-6-15(7-5-14)24-20(26)25-16-8-10-17(27-2)11-9-16/h4-12H,1-3H3,(H,21,22,23)(H2,24,25,26). The van der Waals surface area contributed by atoms with Gasteiger partial charge in [-0.05, 0) is 55.5 Å². The third kappa shape index (κ3) is 5.10. The predicted molar refractivity (Wildman–Crippen MR) is 109 cm³/mol. The topological polar surface area (TPSA) is 97.4 Å². The van der Waals surface area contributed by atoms with Crippen LogP contribution in [0.15, 0.2) is 54.6 Å². The molecule has 8 heteroatoms. The average Bonchev–Trinajstić information content (AvgIpc) is 2.69. The third-order valence-corrected chi connectivity index (χ3v) is 3.79. The Morgan fingerprint density at radius 1 is 0.821 bits per heavy atom. The minimum absolute atomic E-state index is 0.331. The van der Waals surface area contributed by atoms with Crippen LogP contribution in [0.1, 0.15) is 5.82 Å². The molecule has 1 heterocycles. The molecule has 2 amide bonds. The minimum atomic E-state index is -0.331.